The van der Waals surface area contributed by atoms with Gasteiger partial charge in [0.15, 0.2) is 7.26 Å². The third-order valence-corrected chi connectivity index (χ3v) is 12.4. The van der Waals surface area contributed by atoms with Crippen molar-refractivity contribution in [3.63, 3.8) is 0 Å². The average Bonchev–Trinajstić information content (AvgIpc) is 3.02. The zero-order valence-corrected chi connectivity index (χ0v) is 23.7. The number of nitrogens with one attached hydrogen (secondary N) is 1. The van der Waals surface area contributed by atoms with Crippen LogP contribution in [0.15, 0.2) is 161 Å². The molecule has 5 aromatic carbocycles. The number of carbonyl (C=O) groups excluding carboxylic acids is 1. The summed E-state index contributed by atoms with van der Waals surface area (Å²) in [7, 11) is -2.62. The van der Waals surface area contributed by atoms with Crippen molar-refractivity contribution in [1.82, 2.24) is 5.32 Å². The van der Waals surface area contributed by atoms with Crippen molar-refractivity contribution in [1.29, 1.82) is 0 Å². The van der Waals surface area contributed by atoms with Gasteiger partial charge in [-0.1, -0.05) is 115 Å². The SMILES string of the molecule is O=C(N/C(=C(\Cl)SCc1ccccc1)[P+](c1ccccc1)(c1ccccc1)c1ccccc1)c1ccccc1. The summed E-state index contributed by atoms with van der Waals surface area (Å²) in [6.45, 7) is 0. The van der Waals surface area contributed by atoms with Crippen LogP contribution in [0.1, 0.15) is 15.9 Å². The smallest absolute Gasteiger partial charge is 0.258 e. The van der Waals surface area contributed by atoms with Crippen molar-refractivity contribution in [2.75, 3.05) is 0 Å². The van der Waals surface area contributed by atoms with E-state index >= 15 is 0 Å². The highest BCUT2D eigenvalue weighted by Gasteiger charge is 2.52. The Morgan fingerprint density at radius 2 is 0.974 bits per heavy atom. The molecular formula is C34H28ClNOPS+. The van der Waals surface area contributed by atoms with E-state index in [2.05, 4.69) is 90.2 Å². The zero-order valence-electron chi connectivity index (χ0n) is 21.3. The van der Waals surface area contributed by atoms with E-state index in [0.29, 0.717) is 15.7 Å². The van der Waals surface area contributed by atoms with Gasteiger partial charge in [-0.15, -0.1) is 11.8 Å². The second kappa shape index (κ2) is 13.0. The summed E-state index contributed by atoms with van der Waals surface area (Å²) in [6, 6.07) is 50.8. The Kier molecular flexibility index (Phi) is 8.96. The van der Waals surface area contributed by atoms with Gasteiger partial charge in [0.2, 0.25) is 5.44 Å². The topological polar surface area (TPSA) is 29.1 Å². The molecule has 0 aliphatic heterocycles. The number of thioether (sulfide) groups is 1. The lowest BCUT2D eigenvalue weighted by atomic mass is 10.2. The molecule has 0 radical (unpaired) electrons. The van der Waals surface area contributed by atoms with E-state index in [9.17, 15) is 4.79 Å². The summed E-state index contributed by atoms with van der Waals surface area (Å²) >= 11 is 8.86. The Labute approximate surface area is 240 Å². The van der Waals surface area contributed by atoms with Crippen LogP contribution < -0.4 is 21.2 Å². The molecule has 1 N–H and O–H groups in total. The Bertz CT molecular complexity index is 1430. The highest BCUT2D eigenvalue weighted by atomic mass is 35.5. The van der Waals surface area contributed by atoms with Gasteiger partial charge in [-0.3, -0.25) is 10.1 Å². The minimum Gasteiger partial charge on any atom is -0.290 e. The Morgan fingerprint density at radius 3 is 1.41 bits per heavy atom. The van der Waals surface area contributed by atoms with Crippen molar-refractivity contribution >= 4 is 52.4 Å². The van der Waals surface area contributed by atoms with Crippen molar-refractivity contribution in [3.05, 3.63) is 173 Å². The third-order valence-electron chi connectivity index (χ3n) is 6.43. The molecule has 0 fully saturated rings. The molecule has 2 nitrogen and oxygen atoms in total. The highest BCUT2D eigenvalue weighted by Crippen LogP contribution is 2.63. The molecular weight excluding hydrogens is 537 g/mol. The minimum absolute atomic E-state index is 0.184. The van der Waals surface area contributed by atoms with E-state index in [0.717, 1.165) is 26.9 Å². The van der Waals surface area contributed by atoms with Crippen LogP contribution >= 0.6 is 30.6 Å². The fourth-order valence-electron chi connectivity index (χ4n) is 4.61. The van der Waals surface area contributed by atoms with Crippen molar-refractivity contribution < 1.29 is 4.79 Å². The maximum Gasteiger partial charge on any atom is 0.258 e. The quantitative estimate of drug-likeness (QED) is 0.186. The normalized spacial score (nSPS) is 11.9. The van der Waals surface area contributed by atoms with Gasteiger partial charge >= 0.3 is 0 Å². The molecule has 0 aromatic heterocycles. The van der Waals surface area contributed by atoms with E-state index in [-0.39, 0.29) is 5.91 Å². The fourth-order valence-corrected chi connectivity index (χ4v) is 10.5. The van der Waals surface area contributed by atoms with Gasteiger partial charge in [-0.25, -0.2) is 0 Å². The van der Waals surface area contributed by atoms with Crippen molar-refractivity contribution in [3.8, 4) is 0 Å². The Morgan fingerprint density at radius 1 is 0.590 bits per heavy atom. The van der Waals surface area contributed by atoms with Crippen molar-refractivity contribution in [2.45, 2.75) is 5.75 Å². The third kappa shape index (κ3) is 6.02. The van der Waals surface area contributed by atoms with Gasteiger partial charge in [-0.2, -0.15) is 0 Å². The zero-order chi connectivity index (χ0) is 26.9. The summed E-state index contributed by atoms with van der Waals surface area (Å²) < 4.78 is 0.577. The lowest BCUT2D eigenvalue weighted by Crippen LogP contribution is -2.38. The molecule has 0 aliphatic carbocycles. The Balaban J connectivity index is 1.77. The largest absolute Gasteiger partial charge is 0.290 e. The van der Waals surface area contributed by atoms with Gasteiger partial charge in [0, 0.05) is 11.3 Å². The van der Waals surface area contributed by atoms with Crippen LogP contribution in [0.5, 0.6) is 0 Å². The van der Waals surface area contributed by atoms with Gasteiger partial charge in [-0.05, 0) is 54.1 Å². The summed E-state index contributed by atoms with van der Waals surface area (Å²) in [5.74, 6) is 0.499. The number of halogens is 1. The second-order valence-electron chi connectivity index (χ2n) is 8.89. The van der Waals surface area contributed by atoms with Crippen LogP contribution in [0.3, 0.4) is 0 Å². The summed E-state index contributed by atoms with van der Waals surface area (Å²) in [5.41, 5.74) is 2.49. The maximum atomic E-state index is 13.8. The van der Waals surface area contributed by atoms with Crippen LogP contribution in [0.4, 0.5) is 0 Å². The van der Waals surface area contributed by atoms with Gasteiger partial charge in [0.05, 0.1) is 0 Å². The number of carbonyl (C=O) groups is 1. The van der Waals surface area contributed by atoms with Crippen LogP contribution in [-0.4, -0.2) is 5.91 Å². The van der Waals surface area contributed by atoms with Gasteiger partial charge in [0.25, 0.3) is 5.91 Å². The minimum atomic E-state index is -2.62. The monoisotopic (exact) mass is 564 g/mol. The van der Waals surface area contributed by atoms with Crippen LogP contribution in [-0.2, 0) is 5.75 Å². The van der Waals surface area contributed by atoms with E-state index in [4.69, 9.17) is 11.6 Å². The molecule has 0 unspecified atom stereocenters. The molecule has 39 heavy (non-hydrogen) atoms. The molecule has 5 rings (SSSR count). The van der Waals surface area contributed by atoms with E-state index in [1.807, 2.05) is 66.7 Å². The molecule has 0 saturated carbocycles. The first-order valence-electron chi connectivity index (χ1n) is 12.7. The standard InChI is InChI=1S/C34H27ClNOPS/c35-32(39-26-27-16-6-1-7-17-27)34(36-33(37)28-18-8-2-9-19-28)38(29-20-10-3-11-21-29,30-22-12-4-13-23-30)31-24-14-5-15-25-31/h1-25H,26H2/p+1/b34-32-. The summed E-state index contributed by atoms with van der Waals surface area (Å²) in [5, 5.41) is 6.69. The average molecular weight is 565 g/mol. The van der Waals surface area contributed by atoms with Gasteiger partial charge < -0.3 is 0 Å². The molecule has 0 bridgehead atoms. The molecule has 0 spiro atoms. The van der Waals surface area contributed by atoms with Crippen LogP contribution in [0, 0.1) is 0 Å². The molecule has 0 saturated heterocycles. The molecule has 5 heteroatoms. The number of benzene rings is 5. The molecule has 0 heterocycles. The highest BCUT2D eigenvalue weighted by molar-refractivity contribution is 8.05. The lowest BCUT2D eigenvalue weighted by molar-refractivity contribution is 0.0968. The van der Waals surface area contributed by atoms with Crippen LogP contribution in [0.25, 0.3) is 0 Å². The fraction of sp³-hybridized carbons (Fsp3) is 0.0294. The lowest BCUT2D eigenvalue weighted by Gasteiger charge is -2.30. The number of hydrogen-bond donors (Lipinski definition) is 1. The van der Waals surface area contributed by atoms with Crippen molar-refractivity contribution in [2.24, 2.45) is 0 Å². The van der Waals surface area contributed by atoms with Gasteiger partial charge in [0.1, 0.15) is 20.3 Å². The second-order valence-corrected chi connectivity index (χ2v) is 13.8. The molecule has 192 valence electrons. The van der Waals surface area contributed by atoms with E-state index < -0.39 is 7.26 Å². The van der Waals surface area contributed by atoms with E-state index in [1.165, 1.54) is 0 Å². The first-order chi connectivity index (χ1) is 19.2. The molecule has 0 aliphatic rings. The summed E-state index contributed by atoms with van der Waals surface area (Å²) in [4.78, 5) is 13.8. The predicted molar refractivity (Wildman–Crippen MR) is 170 cm³/mol. The summed E-state index contributed by atoms with van der Waals surface area (Å²) in [6.07, 6.45) is 0. The van der Waals surface area contributed by atoms with E-state index in [1.54, 1.807) is 11.8 Å². The first-order valence-corrected chi connectivity index (χ1v) is 15.8. The molecule has 1 amide bonds. The number of amides is 1. The predicted octanol–water partition coefficient (Wildman–Crippen LogP) is 7.71. The maximum absolute atomic E-state index is 13.8. The Hall–Kier alpha value is -3.62. The van der Waals surface area contributed by atoms with Crippen LogP contribution in [0.2, 0.25) is 0 Å². The molecule has 5 aromatic rings. The first kappa shape index (κ1) is 27.0. The number of rotatable bonds is 9. The molecule has 0 atom stereocenters. The number of hydrogen-bond acceptors (Lipinski definition) is 2.